The number of aliphatic hydroxyl groups is 1. The van der Waals surface area contributed by atoms with Crippen molar-refractivity contribution in [3.8, 4) is 5.75 Å². The Hall–Kier alpha value is -1.59. The molecule has 0 radical (unpaired) electrons. The number of unbranched alkanes of at least 4 members (excludes halogenated alkanes) is 8. The van der Waals surface area contributed by atoms with Gasteiger partial charge < -0.3 is 20.3 Å². The molecular weight excluding hydrogens is 354 g/mol. The third-order valence-corrected chi connectivity index (χ3v) is 4.23. The van der Waals surface area contributed by atoms with Gasteiger partial charge in [0.05, 0.1) is 6.61 Å². The van der Waals surface area contributed by atoms with Crippen molar-refractivity contribution in [1.82, 2.24) is 5.32 Å². The number of ether oxygens (including phenoxy) is 1. The Bertz CT molecular complexity index is 410. The first-order chi connectivity index (χ1) is 13.8. The molecule has 5 nitrogen and oxygen atoms in total. The van der Waals surface area contributed by atoms with Crippen LogP contribution in [0.15, 0.2) is 24.3 Å². The topological polar surface area (TPSA) is 78.8 Å². The molecule has 0 saturated heterocycles. The SMILES string of the molecule is CCCCCCCCCCOc1ccc(CNCCCC)cc1.CO.O=CO. The molecule has 0 fully saturated rings. The van der Waals surface area contributed by atoms with E-state index in [2.05, 4.69) is 43.4 Å². The zero-order valence-corrected chi connectivity index (χ0v) is 18.3. The maximum Gasteiger partial charge on any atom is 0.290 e. The predicted molar refractivity (Wildman–Crippen MR) is 118 cm³/mol. The van der Waals surface area contributed by atoms with Gasteiger partial charge in [-0.05, 0) is 37.1 Å². The third kappa shape index (κ3) is 20.7. The lowest BCUT2D eigenvalue weighted by Gasteiger charge is -2.08. The van der Waals surface area contributed by atoms with E-state index in [4.69, 9.17) is 19.7 Å². The number of carboxylic acid groups (broad SMARTS) is 1. The van der Waals surface area contributed by atoms with Gasteiger partial charge in [0.2, 0.25) is 0 Å². The van der Waals surface area contributed by atoms with Gasteiger partial charge in [-0.2, -0.15) is 0 Å². The summed E-state index contributed by atoms with van der Waals surface area (Å²) in [6.45, 7) is 7.15. The van der Waals surface area contributed by atoms with Gasteiger partial charge in [0.1, 0.15) is 5.75 Å². The first-order valence-corrected chi connectivity index (χ1v) is 10.7. The van der Waals surface area contributed by atoms with Gasteiger partial charge in [-0.15, -0.1) is 0 Å². The van der Waals surface area contributed by atoms with Crippen LogP contribution in [0.3, 0.4) is 0 Å². The fourth-order valence-corrected chi connectivity index (χ4v) is 2.66. The van der Waals surface area contributed by atoms with Gasteiger partial charge in [0.25, 0.3) is 6.47 Å². The van der Waals surface area contributed by atoms with Crippen molar-refractivity contribution in [2.24, 2.45) is 0 Å². The second-order valence-corrected chi connectivity index (χ2v) is 6.60. The molecule has 5 heteroatoms. The summed E-state index contributed by atoms with van der Waals surface area (Å²) < 4.78 is 5.83. The summed E-state index contributed by atoms with van der Waals surface area (Å²) in [6, 6.07) is 8.53. The molecule has 0 aliphatic heterocycles. The molecule has 28 heavy (non-hydrogen) atoms. The summed E-state index contributed by atoms with van der Waals surface area (Å²) in [6.07, 6.45) is 13.3. The highest BCUT2D eigenvalue weighted by molar-refractivity contribution is 5.32. The average molecular weight is 398 g/mol. The zero-order chi connectivity index (χ0) is 21.3. The maximum atomic E-state index is 8.36. The minimum Gasteiger partial charge on any atom is -0.494 e. The standard InChI is InChI=1S/C21H37NO.CH2O2.CH4O/c1-3-5-7-8-9-10-11-12-18-23-21-15-13-20(14-16-21)19-22-17-6-4-2;2-1-3;1-2/h13-16,22H,3-12,17-19H2,1-2H3;1H,(H,2,3);2H,1H3. The van der Waals surface area contributed by atoms with Crippen LogP contribution in [0.4, 0.5) is 0 Å². The van der Waals surface area contributed by atoms with Crippen molar-refractivity contribution in [2.45, 2.75) is 84.6 Å². The van der Waals surface area contributed by atoms with Crippen LogP contribution in [-0.2, 0) is 11.3 Å². The second kappa shape index (κ2) is 25.4. The number of benzene rings is 1. The molecule has 1 aromatic carbocycles. The number of aliphatic hydroxyl groups excluding tert-OH is 1. The summed E-state index contributed by atoms with van der Waals surface area (Å²) in [5, 5.41) is 17.4. The molecule has 0 spiro atoms. The van der Waals surface area contributed by atoms with E-state index >= 15 is 0 Å². The van der Waals surface area contributed by atoms with E-state index in [9.17, 15) is 0 Å². The number of hydrogen-bond acceptors (Lipinski definition) is 4. The van der Waals surface area contributed by atoms with Crippen LogP contribution >= 0.6 is 0 Å². The van der Waals surface area contributed by atoms with Crippen LogP contribution in [0.1, 0.15) is 83.6 Å². The highest BCUT2D eigenvalue weighted by Gasteiger charge is 1.97. The normalized spacial score (nSPS) is 9.57. The number of nitrogens with one attached hydrogen (secondary N) is 1. The van der Waals surface area contributed by atoms with E-state index in [0.717, 1.165) is 32.6 Å². The molecular formula is C23H43NO4. The Morgan fingerprint density at radius 3 is 1.89 bits per heavy atom. The highest BCUT2D eigenvalue weighted by atomic mass is 16.5. The van der Waals surface area contributed by atoms with E-state index in [1.807, 2.05) is 0 Å². The Morgan fingerprint density at radius 2 is 1.36 bits per heavy atom. The van der Waals surface area contributed by atoms with Gasteiger partial charge in [-0.25, -0.2) is 0 Å². The highest BCUT2D eigenvalue weighted by Crippen LogP contribution is 2.13. The molecule has 0 saturated carbocycles. The summed E-state index contributed by atoms with van der Waals surface area (Å²) in [5.74, 6) is 1.00. The van der Waals surface area contributed by atoms with Crippen LogP contribution < -0.4 is 10.1 Å². The molecule has 1 aromatic rings. The van der Waals surface area contributed by atoms with Crippen LogP contribution in [0.25, 0.3) is 0 Å². The zero-order valence-electron chi connectivity index (χ0n) is 18.3. The average Bonchev–Trinajstić information content (AvgIpc) is 2.73. The molecule has 0 amide bonds. The third-order valence-electron chi connectivity index (χ3n) is 4.23. The van der Waals surface area contributed by atoms with E-state index in [0.29, 0.717) is 0 Å². The monoisotopic (exact) mass is 397 g/mol. The number of hydrogen-bond donors (Lipinski definition) is 3. The van der Waals surface area contributed by atoms with Crippen LogP contribution in [0.2, 0.25) is 0 Å². The van der Waals surface area contributed by atoms with Crippen LogP contribution in [0.5, 0.6) is 5.75 Å². The summed E-state index contributed by atoms with van der Waals surface area (Å²) in [7, 11) is 1.00. The van der Waals surface area contributed by atoms with Gasteiger partial charge >= 0.3 is 0 Å². The smallest absolute Gasteiger partial charge is 0.290 e. The van der Waals surface area contributed by atoms with E-state index in [-0.39, 0.29) is 6.47 Å². The molecule has 1 rings (SSSR count). The largest absolute Gasteiger partial charge is 0.494 e. The minimum atomic E-state index is -0.250. The Kier molecular flexibility index (Phi) is 26.0. The molecule has 0 aromatic heterocycles. The molecule has 0 aliphatic carbocycles. The van der Waals surface area contributed by atoms with Gasteiger partial charge in [0, 0.05) is 13.7 Å². The van der Waals surface area contributed by atoms with Crippen LogP contribution in [-0.4, -0.2) is 36.9 Å². The van der Waals surface area contributed by atoms with Crippen molar-refractivity contribution < 1.29 is 19.7 Å². The summed E-state index contributed by atoms with van der Waals surface area (Å²) >= 11 is 0. The molecule has 164 valence electrons. The lowest BCUT2D eigenvalue weighted by Crippen LogP contribution is -2.14. The van der Waals surface area contributed by atoms with Crippen molar-refractivity contribution in [3.05, 3.63) is 29.8 Å². The summed E-state index contributed by atoms with van der Waals surface area (Å²) in [4.78, 5) is 8.36. The molecule has 0 bridgehead atoms. The van der Waals surface area contributed by atoms with Crippen molar-refractivity contribution in [1.29, 1.82) is 0 Å². The second-order valence-electron chi connectivity index (χ2n) is 6.60. The quantitative estimate of drug-likeness (QED) is 0.273. The predicted octanol–water partition coefficient (Wildman–Crippen LogP) is 5.41. The first-order valence-electron chi connectivity index (χ1n) is 10.7. The Labute approximate surface area is 172 Å². The van der Waals surface area contributed by atoms with Gasteiger partial charge in [0.15, 0.2) is 0 Å². The maximum absolute atomic E-state index is 8.36. The molecule has 0 heterocycles. The van der Waals surface area contributed by atoms with E-state index < -0.39 is 0 Å². The lowest BCUT2D eigenvalue weighted by atomic mass is 10.1. The molecule has 0 atom stereocenters. The molecule has 0 aliphatic rings. The lowest BCUT2D eigenvalue weighted by molar-refractivity contribution is -0.122. The Balaban J connectivity index is 0. The minimum absolute atomic E-state index is 0.250. The van der Waals surface area contributed by atoms with Crippen molar-refractivity contribution >= 4 is 6.47 Å². The van der Waals surface area contributed by atoms with Crippen molar-refractivity contribution in [2.75, 3.05) is 20.3 Å². The van der Waals surface area contributed by atoms with Gasteiger partial charge in [-0.1, -0.05) is 77.3 Å². The van der Waals surface area contributed by atoms with Gasteiger partial charge in [-0.3, -0.25) is 4.79 Å². The molecule has 3 N–H and O–H groups in total. The van der Waals surface area contributed by atoms with Crippen molar-refractivity contribution in [3.63, 3.8) is 0 Å². The number of carbonyl (C=O) groups is 1. The fourth-order valence-electron chi connectivity index (χ4n) is 2.66. The first kappa shape index (κ1) is 28.6. The number of rotatable bonds is 15. The fraction of sp³-hybridized carbons (Fsp3) is 0.696. The molecule has 0 unspecified atom stereocenters. The van der Waals surface area contributed by atoms with E-state index in [1.54, 1.807) is 0 Å². The van der Waals surface area contributed by atoms with E-state index in [1.165, 1.54) is 69.8 Å². The Morgan fingerprint density at radius 1 is 0.857 bits per heavy atom. The van der Waals surface area contributed by atoms with Crippen LogP contribution in [0, 0.1) is 0 Å². The summed E-state index contributed by atoms with van der Waals surface area (Å²) in [5.41, 5.74) is 1.33.